The van der Waals surface area contributed by atoms with E-state index in [9.17, 15) is 19.3 Å². The summed E-state index contributed by atoms with van der Waals surface area (Å²) < 4.78 is 18.3. The van der Waals surface area contributed by atoms with E-state index < -0.39 is 28.9 Å². The van der Waals surface area contributed by atoms with Gasteiger partial charge >= 0.3 is 5.69 Å². The van der Waals surface area contributed by atoms with Crippen LogP contribution in [0.3, 0.4) is 0 Å². The number of nitrogens with zero attached hydrogens (tertiary/aromatic N) is 3. The van der Waals surface area contributed by atoms with E-state index in [0.29, 0.717) is 10.6 Å². The number of amides is 1. The normalized spacial score (nSPS) is 10.3. The number of hydrogen-bond acceptors (Lipinski definition) is 8. The summed E-state index contributed by atoms with van der Waals surface area (Å²) in [6, 6.07) is 10.1. The summed E-state index contributed by atoms with van der Waals surface area (Å²) in [6.45, 7) is -0.275. The van der Waals surface area contributed by atoms with Gasteiger partial charge in [0.1, 0.15) is 17.9 Å². The molecule has 0 fully saturated rings. The third-order valence-electron chi connectivity index (χ3n) is 3.95. The van der Waals surface area contributed by atoms with Gasteiger partial charge in [-0.1, -0.05) is 35.3 Å². The van der Waals surface area contributed by atoms with Gasteiger partial charge in [0.05, 0.1) is 9.95 Å². The van der Waals surface area contributed by atoms with Crippen molar-refractivity contribution in [2.75, 3.05) is 17.3 Å². The van der Waals surface area contributed by atoms with Crippen molar-refractivity contribution in [2.24, 2.45) is 0 Å². The maximum absolute atomic E-state index is 13.0. The van der Waals surface area contributed by atoms with Gasteiger partial charge in [-0.25, -0.2) is 14.4 Å². The number of hydrazine groups is 1. The molecule has 0 aliphatic rings. The van der Waals surface area contributed by atoms with Gasteiger partial charge in [-0.2, -0.15) is 0 Å². The molecule has 0 spiro atoms. The molecule has 0 atom stereocenters. The average molecular weight is 481 g/mol. The van der Waals surface area contributed by atoms with E-state index >= 15 is 0 Å². The van der Waals surface area contributed by atoms with Crippen LogP contribution < -0.4 is 20.9 Å². The number of carbonyl (C=O) groups excluding carboxylic acids is 1. The van der Waals surface area contributed by atoms with E-state index in [2.05, 4.69) is 26.1 Å². The molecule has 1 amide bonds. The molecule has 0 bridgehead atoms. The van der Waals surface area contributed by atoms with E-state index in [0.717, 1.165) is 6.33 Å². The first-order valence-corrected chi connectivity index (χ1v) is 9.69. The molecular formula is C19H15Cl2FN6O4. The first-order valence-electron chi connectivity index (χ1n) is 8.94. The van der Waals surface area contributed by atoms with Crippen LogP contribution >= 0.6 is 23.2 Å². The molecular weight excluding hydrogens is 466 g/mol. The van der Waals surface area contributed by atoms with E-state index in [-0.39, 0.29) is 29.0 Å². The molecule has 0 saturated carbocycles. The quantitative estimate of drug-likeness (QED) is 0.309. The zero-order valence-electron chi connectivity index (χ0n) is 16.1. The van der Waals surface area contributed by atoms with Crippen molar-refractivity contribution in [3.8, 4) is 5.75 Å². The monoisotopic (exact) mass is 480 g/mol. The smallest absolute Gasteiger partial charge is 0.354 e. The van der Waals surface area contributed by atoms with Crippen molar-refractivity contribution >= 4 is 46.4 Å². The number of anilines is 2. The second-order valence-electron chi connectivity index (χ2n) is 6.19. The largest absolute Gasteiger partial charge is 0.482 e. The molecule has 3 rings (SSSR count). The first-order chi connectivity index (χ1) is 15.3. The van der Waals surface area contributed by atoms with Crippen molar-refractivity contribution in [2.45, 2.75) is 6.54 Å². The Balaban J connectivity index is 1.62. The molecule has 0 aliphatic heterocycles. The van der Waals surface area contributed by atoms with Crippen molar-refractivity contribution in [1.82, 2.24) is 15.4 Å². The van der Waals surface area contributed by atoms with Gasteiger partial charge in [0, 0.05) is 11.6 Å². The van der Waals surface area contributed by atoms with Crippen LogP contribution in [0.15, 0.2) is 48.8 Å². The number of halogens is 3. The van der Waals surface area contributed by atoms with E-state index in [4.69, 9.17) is 27.9 Å². The fraction of sp³-hybridized carbons (Fsp3) is 0.105. The molecule has 3 N–H and O–H groups in total. The molecule has 0 radical (unpaired) electrons. The standard InChI is InChI=1S/C19H15Cl2FN6O4/c20-12-3-6-15(14(21)7-12)32-9-16(29)26-27-19-17(28(30)31)18(24-10-25-19)23-8-11-1-4-13(22)5-2-11/h1-7,10H,8-9H2,(H,26,29)(H2,23,24,25,27). The van der Waals surface area contributed by atoms with E-state index in [1.807, 2.05) is 0 Å². The Morgan fingerprint density at radius 1 is 1.12 bits per heavy atom. The average Bonchev–Trinajstić information content (AvgIpc) is 2.76. The highest BCUT2D eigenvalue weighted by Crippen LogP contribution is 2.29. The van der Waals surface area contributed by atoms with Crippen LogP contribution in [0, 0.1) is 15.9 Å². The Bertz CT molecular complexity index is 1130. The molecule has 1 aromatic heterocycles. The molecule has 0 aliphatic carbocycles. The molecule has 166 valence electrons. The predicted octanol–water partition coefficient (Wildman–Crippen LogP) is 3.96. The summed E-state index contributed by atoms with van der Waals surface area (Å²) in [4.78, 5) is 30.6. The summed E-state index contributed by atoms with van der Waals surface area (Å²) in [5, 5.41) is 15.0. The number of hydrogen-bond donors (Lipinski definition) is 3. The van der Waals surface area contributed by atoms with Gasteiger partial charge in [-0.15, -0.1) is 0 Å². The number of nitrogens with one attached hydrogen (secondary N) is 3. The predicted molar refractivity (Wildman–Crippen MR) is 116 cm³/mol. The second kappa shape index (κ2) is 10.6. The highest BCUT2D eigenvalue weighted by Gasteiger charge is 2.23. The Morgan fingerprint density at radius 3 is 2.53 bits per heavy atom. The van der Waals surface area contributed by atoms with Crippen LogP contribution in [-0.4, -0.2) is 27.4 Å². The van der Waals surface area contributed by atoms with E-state index in [1.165, 1.54) is 36.4 Å². The van der Waals surface area contributed by atoms with Crippen LogP contribution in [0.25, 0.3) is 0 Å². The van der Waals surface area contributed by atoms with E-state index in [1.54, 1.807) is 6.07 Å². The number of benzene rings is 2. The third-order valence-corrected chi connectivity index (χ3v) is 4.48. The molecule has 10 nitrogen and oxygen atoms in total. The Morgan fingerprint density at radius 2 is 1.84 bits per heavy atom. The van der Waals surface area contributed by atoms with Crippen molar-refractivity contribution in [3.63, 3.8) is 0 Å². The van der Waals surface area contributed by atoms with Gasteiger partial charge < -0.3 is 10.1 Å². The van der Waals surface area contributed by atoms with Crippen LogP contribution in [-0.2, 0) is 11.3 Å². The lowest BCUT2D eigenvalue weighted by atomic mass is 10.2. The minimum atomic E-state index is -0.703. The molecule has 2 aromatic carbocycles. The number of carbonyl (C=O) groups is 1. The molecule has 1 heterocycles. The third kappa shape index (κ3) is 6.15. The Hall–Kier alpha value is -3.70. The SMILES string of the molecule is O=C(COc1ccc(Cl)cc1Cl)NNc1ncnc(NCc2ccc(F)cc2)c1[N+](=O)[O-]. The van der Waals surface area contributed by atoms with Crippen molar-refractivity contribution < 1.29 is 18.8 Å². The number of rotatable bonds is 9. The molecule has 0 unspecified atom stereocenters. The number of nitro groups is 1. The zero-order valence-corrected chi connectivity index (χ0v) is 17.7. The lowest BCUT2D eigenvalue weighted by molar-refractivity contribution is -0.383. The molecule has 0 saturated heterocycles. The Labute approximate surface area is 190 Å². The fourth-order valence-corrected chi connectivity index (χ4v) is 2.92. The number of aromatic nitrogens is 2. The van der Waals surface area contributed by atoms with Crippen LogP contribution in [0.5, 0.6) is 5.75 Å². The maximum Gasteiger partial charge on any atom is 0.354 e. The topological polar surface area (TPSA) is 131 Å². The van der Waals surface area contributed by atoms with Crippen LogP contribution in [0.2, 0.25) is 10.0 Å². The summed E-state index contributed by atoms with van der Waals surface area (Å²) in [7, 11) is 0. The molecule has 32 heavy (non-hydrogen) atoms. The van der Waals surface area contributed by atoms with Crippen LogP contribution in [0.1, 0.15) is 5.56 Å². The van der Waals surface area contributed by atoms with Gasteiger partial charge in [0.25, 0.3) is 5.91 Å². The van der Waals surface area contributed by atoms with Crippen LogP contribution in [0.4, 0.5) is 21.7 Å². The van der Waals surface area contributed by atoms with Crippen molar-refractivity contribution in [1.29, 1.82) is 0 Å². The lowest BCUT2D eigenvalue weighted by Crippen LogP contribution is -2.34. The number of ether oxygens (including phenoxy) is 1. The summed E-state index contributed by atoms with van der Waals surface area (Å²) >= 11 is 11.8. The maximum atomic E-state index is 13.0. The van der Waals surface area contributed by atoms with Crippen molar-refractivity contribution in [3.05, 3.63) is 80.3 Å². The lowest BCUT2D eigenvalue weighted by Gasteiger charge is -2.12. The Kier molecular flexibility index (Phi) is 7.58. The molecule has 13 heteroatoms. The van der Waals surface area contributed by atoms with Gasteiger partial charge in [0.15, 0.2) is 6.61 Å². The zero-order chi connectivity index (χ0) is 23.1. The minimum absolute atomic E-state index is 0.0877. The summed E-state index contributed by atoms with van der Waals surface area (Å²) in [6.07, 6.45) is 1.08. The van der Waals surface area contributed by atoms with Gasteiger partial charge in [-0.05, 0) is 35.9 Å². The van der Waals surface area contributed by atoms with Gasteiger partial charge in [0.2, 0.25) is 11.6 Å². The second-order valence-corrected chi connectivity index (χ2v) is 7.04. The summed E-state index contributed by atoms with van der Waals surface area (Å²) in [5.74, 6) is -1.14. The highest BCUT2D eigenvalue weighted by molar-refractivity contribution is 6.35. The fourth-order valence-electron chi connectivity index (χ4n) is 2.46. The highest BCUT2D eigenvalue weighted by atomic mass is 35.5. The first kappa shape index (κ1) is 23.0. The summed E-state index contributed by atoms with van der Waals surface area (Å²) in [5.41, 5.74) is 4.83. The minimum Gasteiger partial charge on any atom is -0.482 e. The molecule has 3 aromatic rings. The van der Waals surface area contributed by atoms with Gasteiger partial charge in [-0.3, -0.25) is 25.8 Å².